The fourth-order valence-corrected chi connectivity index (χ4v) is 7.83. The van der Waals surface area contributed by atoms with Gasteiger partial charge in [-0.1, -0.05) is 109 Å². The Morgan fingerprint density at radius 2 is 0.978 bits per heavy atom. The number of aromatic nitrogens is 2. The standard InChI is InChI=1S/C40H25BN2O2/c44-41(45)34-20-21-37(28-14-4-3-12-26(28)34)42-35-18-7-6-15-29(35)32-22-33-31-17-9-16-30-25-11-2-1-10-24(25)27-13-5-8-19-36(27)43(40(30)31)39(33)23-38(32)42/h1-23,44-45H. The van der Waals surface area contributed by atoms with Crippen molar-refractivity contribution < 1.29 is 10.0 Å². The maximum absolute atomic E-state index is 10.2. The minimum absolute atomic E-state index is 0.500. The summed E-state index contributed by atoms with van der Waals surface area (Å²) in [5.41, 5.74) is 12.2. The summed E-state index contributed by atoms with van der Waals surface area (Å²) in [7, 11) is -1.55. The Balaban J connectivity index is 1.40. The van der Waals surface area contributed by atoms with Crippen LogP contribution in [0.2, 0.25) is 0 Å². The first-order chi connectivity index (χ1) is 22.2. The van der Waals surface area contributed by atoms with Crippen LogP contribution in [0, 0.1) is 0 Å². The summed E-state index contributed by atoms with van der Waals surface area (Å²) in [6.07, 6.45) is 0. The molecule has 7 aromatic carbocycles. The molecule has 10 rings (SSSR count). The van der Waals surface area contributed by atoms with Crippen LogP contribution < -0.4 is 5.46 Å². The van der Waals surface area contributed by atoms with Crippen LogP contribution in [0.1, 0.15) is 0 Å². The molecule has 5 heteroatoms. The number of hydrogen-bond donors (Lipinski definition) is 2. The summed E-state index contributed by atoms with van der Waals surface area (Å²) in [5.74, 6) is 0. The van der Waals surface area contributed by atoms with E-state index in [9.17, 15) is 10.0 Å². The molecule has 45 heavy (non-hydrogen) atoms. The van der Waals surface area contributed by atoms with Crippen LogP contribution in [0.5, 0.6) is 0 Å². The van der Waals surface area contributed by atoms with Crippen LogP contribution in [0.15, 0.2) is 140 Å². The fraction of sp³-hybridized carbons (Fsp3) is 0. The van der Waals surface area contributed by atoms with E-state index in [2.05, 4.69) is 118 Å². The molecule has 210 valence electrons. The van der Waals surface area contributed by atoms with Gasteiger partial charge in [-0.25, -0.2) is 0 Å². The summed E-state index contributed by atoms with van der Waals surface area (Å²) in [6.45, 7) is 0. The van der Waals surface area contributed by atoms with E-state index >= 15 is 0 Å². The monoisotopic (exact) mass is 576 g/mol. The van der Waals surface area contributed by atoms with E-state index in [4.69, 9.17) is 0 Å². The van der Waals surface area contributed by atoms with Crippen molar-refractivity contribution in [2.24, 2.45) is 0 Å². The van der Waals surface area contributed by atoms with Crippen molar-refractivity contribution in [2.75, 3.05) is 0 Å². The number of nitrogens with zero attached hydrogens (tertiary/aromatic N) is 2. The summed E-state index contributed by atoms with van der Waals surface area (Å²) >= 11 is 0. The highest BCUT2D eigenvalue weighted by molar-refractivity contribution is 6.62. The highest BCUT2D eigenvalue weighted by atomic mass is 16.4. The number of para-hydroxylation sites is 3. The van der Waals surface area contributed by atoms with E-state index in [-0.39, 0.29) is 0 Å². The summed E-state index contributed by atoms with van der Waals surface area (Å²) < 4.78 is 4.79. The predicted molar refractivity (Wildman–Crippen MR) is 187 cm³/mol. The van der Waals surface area contributed by atoms with Crippen LogP contribution in [-0.4, -0.2) is 26.3 Å². The second kappa shape index (κ2) is 8.96. The summed E-state index contributed by atoms with van der Waals surface area (Å²) in [4.78, 5) is 0. The molecule has 4 nitrogen and oxygen atoms in total. The van der Waals surface area contributed by atoms with Gasteiger partial charge in [-0.15, -0.1) is 0 Å². The van der Waals surface area contributed by atoms with Gasteiger partial charge in [-0.2, -0.15) is 0 Å². The van der Waals surface area contributed by atoms with Crippen molar-refractivity contribution in [1.29, 1.82) is 0 Å². The average molecular weight is 576 g/mol. The quantitative estimate of drug-likeness (QED) is 0.203. The maximum atomic E-state index is 10.2. The van der Waals surface area contributed by atoms with Crippen LogP contribution in [0.4, 0.5) is 0 Å². The molecule has 0 bridgehead atoms. The maximum Gasteiger partial charge on any atom is 0.489 e. The van der Waals surface area contributed by atoms with Gasteiger partial charge in [0.05, 0.1) is 33.4 Å². The van der Waals surface area contributed by atoms with Gasteiger partial charge in [0.15, 0.2) is 0 Å². The van der Waals surface area contributed by atoms with E-state index in [1.807, 2.05) is 30.3 Å². The zero-order valence-electron chi connectivity index (χ0n) is 24.1. The Kier molecular flexibility index (Phi) is 4.93. The van der Waals surface area contributed by atoms with E-state index in [0.717, 1.165) is 33.0 Å². The fourth-order valence-electron chi connectivity index (χ4n) is 7.83. The third-order valence-electron chi connectivity index (χ3n) is 9.69. The molecule has 0 fully saturated rings. The Morgan fingerprint density at radius 3 is 1.80 bits per heavy atom. The molecule has 0 saturated carbocycles. The minimum Gasteiger partial charge on any atom is -0.423 e. The van der Waals surface area contributed by atoms with E-state index in [0.29, 0.717) is 5.46 Å². The molecular weight excluding hydrogens is 551 g/mol. The topological polar surface area (TPSA) is 50.3 Å². The lowest BCUT2D eigenvalue weighted by atomic mass is 9.77. The van der Waals surface area contributed by atoms with Gasteiger partial charge in [0.25, 0.3) is 0 Å². The van der Waals surface area contributed by atoms with Crippen LogP contribution in [-0.2, 0) is 0 Å². The normalized spacial score (nSPS) is 12.2. The molecular formula is C40H25BN2O2. The van der Waals surface area contributed by atoms with E-state index < -0.39 is 7.12 Å². The highest BCUT2D eigenvalue weighted by Crippen LogP contribution is 2.48. The Hall–Kier alpha value is -5.62. The predicted octanol–water partition coefficient (Wildman–Crippen LogP) is 8.36. The second-order valence-corrected chi connectivity index (χ2v) is 11.9. The lowest BCUT2D eigenvalue weighted by Crippen LogP contribution is -2.30. The molecule has 9 aromatic rings. The number of rotatable bonds is 2. The van der Waals surface area contributed by atoms with Crippen molar-refractivity contribution in [2.45, 2.75) is 0 Å². The number of fused-ring (bicyclic) bond motifs is 12. The number of benzene rings is 7. The molecule has 0 unspecified atom stereocenters. The van der Waals surface area contributed by atoms with Crippen LogP contribution in [0.3, 0.4) is 0 Å². The average Bonchev–Trinajstić information content (AvgIpc) is 3.54. The van der Waals surface area contributed by atoms with Gasteiger partial charge in [0.2, 0.25) is 0 Å². The van der Waals surface area contributed by atoms with Gasteiger partial charge < -0.3 is 19.2 Å². The molecule has 0 spiro atoms. The van der Waals surface area contributed by atoms with Crippen LogP contribution in [0.25, 0.3) is 88.0 Å². The van der Waals surface area contributed by atoms with Crippen molar-refractivity contribution in [3.05, 3.63) is 140 Å². The van der Waals surface area contributed by atoms with Gasteiger partial charge in [0.1, 0.15) is 0 Å². The van der Waals surface area contributed by atoms with Crippen molar-refractivity contribution in [1.82, 2.24) is 9.13 Å². The van der Waals surface area contributed by atoms with E-state index in [1.165, 1.54) is 55.0 Å². The zero-order valence-corrected chi connectivity index (χ0v) is 24.1. The lowest BCUT2D eigenvalue weighted by molar-refractivity contribution is 0.426. The molecule has 0 aliphatic carbocycles. The molecule has 0 radical (unpaired) electrons. The molecule has 2 N–H and O–H groups in total. The Labute approximate surface area is 258 Å². The summed E-state index contributed by atoms with van der Waals surface area (Å²) in [6, 6.07) is 49.3. The highest BCUT2D eigenvalue weighted by Gasteiger charge is 2.26. The first-order valence-corrected chi connectivity index (χ1v) is 15.3. The molecule has 3 heterocycles. The van der Waals surface area contributed by atoms with Crippen LogP contribution >= 0.6 is 0 Å². The second-order valence-electron chi connectivity index (χ2n) is 11.9. The van der Waals surface area contributed by atoms with Gasteiger partial charge >= 0.3 is 7.12 Å². The Bertz CT molecular complexity index is 2700. The molecule has 0 amide bonds. The molecule has 1 aliphatic rings. The summed E-state index contributed by atoms with van der Waals surface area (Å²) in [5, 5.41) is 27.0. The lowest BCUT2D eigenvalue weighted by Gasteiger charge is -2.15. The number of hydrogen-bond acceptors (Lipinski definition) is 2. The zero-order chi connectivity index (χ0) is 29.8. The third kappa shape index (κ3) is 3.23. The molecule has 0 saturated heterocycles. The van der Waals surface area contributed by atoms with Crippen molar-refractivity contribution >= 4 is 67.0 Å². The van der Waals surface area contributed by atoms with Crippen molar-refractivity contribution in [3.63, 3.8) is 0 Å². The van der Waals surface area contributed by atoms with Crippen molar-refractivity contribution in [3.8, 4) is 33.6 Å². The molecule has 2 aromatic heterocycles. The Morgan fingerprint density at radius 1 is 0.378 bits per heavy atom. The molecule has 1 aliphatic heterocycles. The van der Waals surface area contributed by atoms with Gasteiger partial charge in [-0.3, -0.25) is 0 Å². The largest absolute Gasteiger partial charge is 0.489 e. The first kappa shape index (κ1) is 24.8. The third-order valence-corrected chi connectivity index (χ3v) is 9.69. The SMILES string of the molecule is OB(O)c1ccc(-n2c3ccccc3c3cc4c5cccc6c5n(c4cc32)-c2ccccc2-c2ccccc2-6)c2ccccc12. The first-order valence-electron chi connectivity index (χ1n) is 15.3. The van der Waals surface area contributed by atoms with Gasteiger partial charge in [-0.05, 0) is 52.3 Å². The minimum atomic E-state index is -1.55. The smallest absolute Gasteiger partial charge is 0.423 e. The molecule has 0 atom stereocenters. The van der Waals surface area contributed by atoms with E-state index in [1.54, 1.807) is 0 Å². The van der Waals surface area contributed by atoms with Gasteiger partial charge in [0, 0.05) is 38.1 Å².